The molecule has 1 spiro atoms. The number of ether oxygens (including phenoxy) is 8. The highest BCUT2D eigenvalue weighted by Crippen LogP contribution is 2.69. The number of allylic oxidation sites excluding steroid dienone is 1. The van der Waals surface area contributed by atoms with E-state index in [4.69, 9.17) is 37.9 Å². The van der Waals surface area contributed by atoms with Crippen LogP contribution < -0.4 is 0 Å². The zero-order chi connectivity index (χ0) is 43.3. The number of hydrogen-bond acceptors (Lipinski definition) is 17. The molecule has 3 saturated carbocycles. The molecule has 5 heterocycles. The summed E-state index contributed by atoms with van der Waals surface area (Å²) >= 11 is 0. The average Bonchev–Trinajstić information content (AvgIpc) is 3.74. The Balaban J connectivity index is 0.912. The van der Waals surface area contributed by atoms with Crippen molar-refractivity contribution in [1.82, 2.24) is 0 Å². The van der Waals surface area contributed by atoms with Crippen LogP contribution in [0.2, 0.25) is 0 Å². The third kappa shape index (κ3) is 7.70. The second-order valence-electron chi connectivity index (χ2n) is 20.7. The van der Waals surface area contributed by atoms with Gasteiger partial charge in [0.2, 0.25) is 0 Å². The van der Waals surface area contributed by atoms with E-state index in [-0.39, 0.29) is 23.0 Å². The molecule has 11 unspecified atom stereocenters. The van der Waals surface area contributed by atoms with Crippen molar-refractivity contribution in [3.8, 4) is 0 Å². The molecule has 8 fully saturated rings. The lowest BCUT2D eigenvalue weighted by Gasteiger charge is -2.58. The lowest BCUT2D eigenvalue weighted by Crippen LogP contribution is -2.67. The van der Waals surface area contributed by atoms with E-state index in [1.54, 1.807) is 0 Å². The molecule has 0 bridgehead atoms. The summed E-state index contributed by atoms with van der Waals surface area (Å²) in [6.45, 7) is 8.05. The Labute approximate surface area is 357 Å². The Hall–Kier alpha value is -0.940. The first-order valence-electron chi connectivity index (χ1n) is 22.9. The van der Waals surface area contributed by atoms with Crippen LogP contribution >= 0.6 is 0 Å². The SMILES string of the molecule is CC1O[C@@H](OC2C(O)[C@H](O[C@@H]3OC(CO)[C@@H](O)C(O)C3O)C(CO)O[C@H]2OC2CC[C@@]3(C)C(=CC[C@@H]4[C@@H]3CC[C@]3(C)C5C[C@@]6(CC[C@@H](C)CO6)O[C@@H]5C[C@@H]43)C2)C(O)C(O)[C@H]1O. The summed E-state index contributed by atoms with van der Waals surface area (Å²) in [5.74, 6) is 2.33. The molecule has 25 atom stereocenters. The molecule has 5 aliphatic heterocycles. The summed E-state index contributed by atoms with van der Waals surface area (Å²) < 4.78 is 49.6. The molecule has 17 nitrogen and oxygen atoms in total. The van der Waals surface area contributed by atoms with Gasteiger partial charge >= 0.3 is 0 Å². The van der Waals surface area contributed by atoms with Gasteiger partial charge in [-0.05, 0) is 98.7 Å². The van der Waals surface area contributed by atoms with Crippen LogP contribution in [0.3, 0.4) is 0 Å². The predicted molar refractivity (Wildman–Crippen MR) is 210 cm³/mol. The number of aliphatic hydroxyl groups excluding tert-OH is 9. The van der Waals surface area contributed by atoms with Gasteiger partial charge in [0.1, 0.15) is 67.1 Å². The van der Waals surface area contributed by atoms with Gasteiger partial charge in [0.15, 0.2) is 24.7 Å². The molecule has 61 heavy (non-hydrogen) atoms. The summed E-state index contributed by atoms with van der Waals surface area (Å²) in [6.07, 6.45) is -10.9. The van der Waals surface area contributed by atoms with Crippen molar-refractivity contribution >= 4 is 0 Å². The van der Waals surface area contributed by atoms with Crippen molar-refractivity contribution in [1.29, 1.82) is 0 Å². The van der Waals surface area contributed by atoms with Gasteiger partial charge in [0.25, 0.3) is 0 Å². The average molecular weight is 871 g/mol. The normalized spacial score (nSPS) is 57.2. The third-order valence-electron chi connectivity index (χ3n) is 17.2. The number of rotatable bonds is 8. The van der Waals surface area contributed by atoms with Crippen molar-refractivity contribution in [3.05, 3.63) is 11.6 Å². The van der Waals surface area contributed by atoms with Crippen LogP contribution in [0, 0.1) is 40.4 Å². The maximum Gasteiger partial charge on any atom is 0.187 e. The van der Waals surface area contributed by atoms with Gasteiger partial charge in [-0.3, -0.25) is 0 Å². The van der Waals surface area contributed by atoms with E-state index in [0.29, 0.717) is 42.4 Å². The minimum Gasteiger partial charge on any atom is -0.394 e. The molecular weight excluding hydrogens is 800 g/mol. The fourth-order valence-electron chi connectivity index (χ4n) is 13.4. The minimum absolute atomic E-state index is 0.0273. The number of hydrogen-bond donors (Lipinski definition) is 9. The zero-order valence-corrected chi connectivity index (χ0v) is 35.8. The molecule has 0 aromatic heterocycles. The molecule has 9 rings (SSSR count). The minimum atomic E-state index is -1.81. The van der Waals surface area contributed by atoms with Gasteiger partial charge in [-0.25, -0.2) is 0 Å². The highest BCUT2D eigenvalue weighted by molar-refractivity contribution is 5.26. The van der Waals surface area contributed by atoms with Gasteiger partial charge in [-0.2, -0.15) is 0 Å². The van der Waals surface area contributed by atoms with Crippen LogP contribution in [0.5, 0.6) is 0 Å². The van der Waals surface area contributed by atoms with E-state index in [9.17, 15) is 46.0 Å². The summed E-state index contributed by atoms with van der Waals surface area (Å²) in [7, 11) is 0. The van der Waals surface area contributed by atoms with Crippen LogP contribution in [0.1, 0.15) is 91.9 Å². The quantitative estimate of drug-likeness (QED) is 0.145. The molecule has 5 saturated heterocycles. The Kier molecular flexibility index (Phi) is 12.6. The maximum absolute atomic E-state index is 12.0. The fraction of sp³-hybridized carbons (Fsp3) is 0.955. The molecule has 0 radical (unpaired) electrons. The van der Waals surface area contributed by atoms with E-state index in [0.717, 1.165) is 51.6 Å². The van der Waals surface area contributed by atoms with E-state index in [1.807, 2.05) is 0 Å². The Morgan fingerprint density at radius 1 is 0.672 bits per heavy atom. The maximum atomic E-state index is 12.0. The van der Waals surface area contributed by atoms with E-state index < -0.39 is 111 Å². The molecule has 17 heteroatoms. The Morgan fingerprint density at radius 2 is 1.36 bits per heavy atom. The van der Waals surface area contributed by atoms with Gasteiger partial charge in [-0.15, -0.1) is 0 Å². The fourth-order valence-corrected chi connectivity index (χ4v) is 13.4. The summed E-state index contributed by atoms with van der Waals surface area (Å²) in [6, 6.07) is 0. The standard InChI is InChI=1S/C44H70O17/c1-19-7-12-44(54-18-19)15-26-27(61-44)14-25-23-6-5-21-13-22(8-10-42(21,3)24(23)9-11-43(25,26)4)56-41-38(60-39-34(51)32(49)30(47)20(2)55-39)36(53)37(29(17-46)58-41)59-40-35(52)33(50)31(48)28(16-45)57-40/h5,19-20,22-41,45-53H,6-18H2,1-4H3/t19-,20?,22?,23-,24+,25+,26?,27-,28?,29?,30+,31-,32?,33?,34?,35?,36?,37-,38?,39+,40+,41-,42+,43+,44-/m1/s1. The van der Waals surface area contributed by atoms with Gasteiger partial charge in [0.05, 0.1) is 38.1 Å². The molecular formula is C44H70O17. The second kappa shape index (κ2) is 17.0. The van der Waals surface area contributed by atoms with Gasteiger partial charge < -0.3 is 83.9 Å². The van der Waals surface area contributed by atoms with Gasteiger partial charge in [-0.1, -0.05) is 32.4 Å². The number of aliphatic hydroxyl groups is 9. The van der Waals surface area contributed by atoms with Crippen LogP contribution in [-0.4, -0.2) is 176 Å². The van der Waals surface area contributed by atoms with Crippen molar-refractivity contribution in [2.45, 2.75) is 202 Å². The van der Waals surface area contributed by atoms with E-state index >= 15 is 0 Å². The molecule has 9 N–H and O–H groups in total. The molecule has 0 amide bonds. The first-order chi connectivity index (χ1) is 29.0. The first kappa shape index (κ1) is 45.2. The zero-order valence-electron chi connectivity index (χ0n) is 35.8. The van der Waals surface area contributed by atoms with Gasteiger partial charge in [0, 0.05) is 12.8 Å². The molecule has 9 aliphatic rings. The molecule has 0 aromatic carbocycles. The summed E-state index contributed by atoms with van der Waals surface area (Å²) in [4.78, 5) is 0. The van der Waals surface area contributed by atoms with Crippen molar-refractivity contribution in [2.75, 3.05) is 19.8 Å². The van der Waals surface area contributed by atoms with Crippen molar-refractivity contribution in [3.63, 3.8) is 0 Å². The highest BCUT2D eigenvalue weighted by Gasteiger charge is 2.66. The smallest absolute Gasteiger partial charge is 0.187 e. The van der Waals surface area contributed by atoms with Crippen molar-refractivity contribution in [2.24, 2.45) is 40.4 Å². The van der Waals surface area contributed by atoms with E-state index in [2.05, 4.69) is 26.8 Å². The van der Waals surface area contributed by atoms with Crippen LogP contribution in [-0.2, 0) is 37.9 Å². The van der Waals surface area contributed by atoms with Crippen LogP contribution in [0.4, 0.5) is 0 Å². The second-order valence-corrected chi connectivity index (χ2v) is 20.7. The van der Waals surface area contributed by atoms with Crippen LogP contribution in [0.15, 0.2) is 11.6 Å². The lowest BCUT2D eigenvalue weighted by atomic mass is 9.47. The molecule has 348 valence electrons. The molecule has 0 aromatic rings. The lowest BCUT2D eigenvalue weighted by molar-refractivity contribution is -0.389. The largest absolute Gasteiger partial charge is 0.394 e. The Bertz CT molecular complexity index is 1580. The molecule has 4 aliphatic carbocycles. The number of fused-ring (bicyclic) bond motifs is 7. The highest BCUT2D eigenvalue weighted by atomic mass is 16.8. The van der Waals surface area contributed by atoms with Crippen molar-refractivity contribution < 1.29 is 83.9 Å². The first-order valence-corrected chi connectivity index (χ1v) is 22.9. The third-order valence-corrected chi connectivity index (χ3v) is 17.2. The summed E-state index contributed by atoms with van der Waals surface area (Å²) in [5, 5.41) is 95.6. The predicted octanol–water partition coefficient (Wildman–Crippen LogP) is -0.0319. The Morgan fingerprint density at radius 3 is 2.07 bits per heavy atom. The summed E-state index contributed by atoms with van der Waals surface area (Å²) in [5.41, 5.74) is 1.52. The van der Waals surface area contributed by atoms with E-state index in [1.165, 1.54) is 18.9 Å². The monoisotopic (exact) mass is 870 g/mol. The topological polar surface area (TPSA) is 256 Å². The van der Waals surface area contributed by atoms with Crippen LogP contribution in [0.25, 0.3) is 0 Å².